The maximum atomic E-state index is 12.2. The van der Waals surface area contributed by atoms with Crippen molar-refractivity contribution in [2.75, 3.05) is 0 Å². The largest absolute Gasteiger partial charge is 0.508 e. The summed E-state index contributed by atoms with van der Waals surface area (Å²) in [5.74, 6) is 0.363. The average molecular weight is 330 g/mol. The van der Waals surface area contributed by atoms with Crippen LogP contribution < -0.4 is 0 Å². The van der Waals surface area contributed by atoms with E-state index in [1.807, 2.05) is 19.1 Å². The summed E-state index contributed by atoms with van der Waals surface area (Å²) in [7, 11) is 0. The van der Waals surface area contributed by atoms with Crippen molar-refractivity contribution in [3.05, 3.63) is 29.3 Å². The number of rotatable bonds is 1. The quantitative estimate of drug-likeness (QED) is 0.740. The summed E-state index contributed by atoms with van der Waals surface area (Å²) < 4.78 is 0. The summed E-state index contributed by atoms with van der Waals surface area (Å²) in [5.41, 5.74) is -0.809. The number of aryl methyl sites for hydroxylation is 1. The molecule has 0 unspecified atom stereocenters. The van der Waals surface area contributed by atoms with Crippen molar-refractivity contribution in [2.45, 2.75) is 69.5 Å². The van der Waals surface area contributed by atoms with Gasteiger partial charge in [0, 0.05) is 5.41 Å². The van der Waals surface area contributed by atoms with E-state index < -0.39 is 16.6 Å². The Morgan fingerprint density at radius 3 is 2.62 bits per heavy atom. The second-order valence-corrected chi connectivity index (χ2v) is 8.35. The minimum atomic E-state index is -1.41. The lowest BCUT2D eigenvalue weighted by Crippen LogP contribution is -2.63. The second kappa shape index (κ2) is 4.83. The van der Waals surface area contributed by atoms with Gasteiger partial charge >= 0.3 is 0 Å². The first kappa shape index (κ1) is 16.1. The van der Waals surface area contributed by atoms with Crippen LogP contribution in [-0.4, -0.2) is 32.3 Å². The zero-order chi connectivity index (χ0) is 17.3. The van der Waals surface area contributed by atoms with Gasteiger partial charge in [-0.1, -0.05) is 13.0 Å². The first-order valence-electron chi connectivity index (χ1n) is 9.00. The maximum absolute atomic E-state index is 12.2. The van der Waals surface area contributed by atoms with E-state index in [0.717, 1.165) is 19.3 Å². The summed E-state index contributed by atoms with van der Waals surface area (Å²) in [6.45, 7) is 3.35. The molecule has 1 aromatic rings. The van der Waals surface area contributed by atoms with Crippen molar-refractivity contribution >= 4 is 5.78 Å². The summed E-state index contributed by atoms with van der Waals surface area (Å²) >= 11 is 0. The molecule has 0 heterocycles. The molecule has 4 heteroatoms. The molecule has 130 valence electrons. The van der Waals surface area contributed by atoms with Gasteiger partial charge in [0.2, 0.25) is 0 Å². The molecule has 3 aliphatic carbocycles. The number of fused-ring (bicyclic) bond motifs is 5. The van der Waals surface area contributed by atoms with Crippen LogP contribution in [0.2, 0.25) is 0 Å². The number of benzene rings is 1. The lowest BCUT2D eigenvalue weighted by Gasteiger charge is -2.57. The fraction of sp³-hybridized carbons (Fsp3) is 0.650. The molecule has 4 rings (SSSR count). The van der Waals surface area contributed by atoms with Crippen LogP contribution in [0.4, 0.5) is 0 Å². The Balaban J connectivity index is 1.78. The van der Waals surface area contributed by atoms with Crippen LogP contribution in [-0.2, 0) is 11.2 Å². The van der Waals surface area contributed by atoms with Gasteiger partial charge < -0.3 is 15.3 Å². The highest BCUT2D eigenvalue weighted by Gasteiger charge is 2.71. The smallest absolute Gasteiger partial charge is 0.161 e. The Kier molecular flexibility index (Phi) is 3.24. The molecule has 0 bridgehead atoms. The van der Waals surface area contributed by atoms with Crippen molar-refractivity contribution in [1.82, 2.24) is 0 Å². The standard InChI is InChI=1S/C20H26O4/c1-12(21)19(23)9-10-20(24)17-6-3-13-11-14(22)4-5-15(13)16(17)7-8-18(19,20)2/h4-5,11,16-17,22-24H,3,6-10H2,1-2H3/t16-,17-,18-,19+,20-/m1/s1. The number of aliphatic hydroxyl groups is 2. The highest BCUT2D eigenvalue weighted by molar-refractivity contribution is 5.86. The fourth-order valence-corrected chi connectivity index (χ4v) is 6.14. The third-order valence-electron chi connectivity index (χ3n) is 7.62. The first-order chi connectivity index (χ1) is 11.2. The molecule has 0 amide bonds. The lowest BCUT2D eigenvalue weighted by molar-refractivity contribution is -0.197. The van der Waals surface area contributed by atoms with E-state index in [9.17, 15) is 20.1 Å². The Hall–Kier alpha value is -1.39. The Labute approximate surface area is 142 Å². The maximum Gasteiger partial charge on any atom is 0.161 e. The van der Waals surface area contributed by atoms with Crippen molar-refractivity contribution in [3.63, 3.8) is 0 Å². The molecule has 2 fully saturated rings. The molecule has 3 aliphatic rings. The highest BCUT2D eigenvalue weighted by atomic mass is 16.3. The van der Waals surface area contributed by atoms with Gasteiger partial charge in [0.25, 0.3) is 0 Å². The number of ketones is 1. The molecule has 2 saturated carbocycles. The predicted molar refractivity (Wildman–Crippen MR) is 89.8 cm³/mol. The first-order valence-corrected chi connectivity index (χ1v) is 9.00. The number of carbonyl (C=O) groups is 1. The van der Waals surface area contributed by atoms with Crippen molar-refractivity contribution in [1.29, 1.82) is 0 Å². The SMILES string of the molecule is CC(=O)[C@@]1(O)CC[C@@]2(O)[C@@H]3CCc4cc(O)ccc4[C@H]3CC[C@@]21C. The molecule has 3 N–H and O–H groups in total. The number of aromatic hydroxyl groups is 1. The molecule has 1 aromatic carbocycles. The highest BCUT2D eigenvalue weighted by Crippen LogP contribution is 2.66. The molecule has 5 atom stereocenters. The monoisotopic (exact) mass is 330 g/mol. The van der Waals surface area contributed by atoms with Gasteiger partial charge in [0.15, 0.2) is 5.78 Å². The third kappa shape index (κ3) is 1.73. The van der Waals surface area contributed by atoms with E-state index in [1.54, 1.807) is 6.07 Å². The van der Waals surface area contributed by atoms with Crippen molar-refractivity contribution < 1.29 is 20.1 Å². The van der Waals surface area contributed by atoms with Crippen LogP contribution in [0.3, 0.4) is 0 Å². The van der Waals surface area contributed by atoms with Gasteiger partial charge in [0.05, 0.1) is 5.60 Å². The number of phenols is 1. The molecule has 0 radical (unpaired) electrons. The Morgan fingerprint density at radius 1 is 1.17 bits per heavy atom. The van der Waals surface area contributed by atoms with E-state index in [-0.39, 0.29) is 17.6 Å². The average Bonchev–Trinajstić information content (AvgIpc) is 2.76. The van der Waals surface area contributed by atoms with Gasteiger partial charge in [-0.2, -0.15) is 0 Å². The van der Waals surface area contributed by atoms with Crippen molar-refractivity contribution in [2.24, 2.45) is 11.3 Å². The zero-order valence-electron chi connectivity index (χ0n) is 14.4. The van der Waals surface area contributed by atoms with Gasteiger partial charge in [-0.3, -0.25) is 4.79 Å². The summed E-state index contributed by atoms with van der Waals surface area (Å²) in [6, 6.07) is 5.54. The van der Waals surface area contributed by atoms with Crippen LogP contribution in [0, 0.1) is 11.3 Å². The van der Waals surface area contributed by atoms with Gasteiger partial charge in [-0.05, 0) is 80.5 Å². The van der Waals surface area contributed by atoms with Gasteiger partial charge in [-0.25, -0.2) is 0 Å². The number of Topliss-reactive ketones (excluding diaryl/α,β-unsaturated/α-hetero) is 1. The number of carbonyl (C=O) groups excluding carboxylic acids is 1. The lowest BCUT2D eigenvalue weighted by atomic mass is 9.50. The summed E-state index contributed by atoms with van der Waals surface area (Å²) in [6.07, 6.45) is 3.98. The van der Waals surface area contributed by atoms with Gasteiger partial charge in [0.1, 0.15) is 11.4 Å². The minimum Gasteiger partial charge on any atom is -0.508 e. The molecule has 24 heavy (non-hydrogen) atoms. The van der Waals surface area contributed by atoms with Crippen LogP contribution in [0.1, 0.15) is 63.0 Å². The Bertz CT molecular complexity index is 714. The summed E-state index contributed by atoms with van der Waals surface area (Å²) in [4.78, 5) is 12.2. The molecular weight excluding hydrogens is 304 g/mol. The van der Waals surface area contributed by atoms with E-state index in [2.05, 4.69) is 0 Å². The predicted octanol–water partition coefficient (Wildman–Crippen LogP) is 2.68. The fourth-order valence-electron chi connectivity index (χ4n) is 6.14. The Morgan fingerprint density at radius 2 is 1.92 bits per heavy atom. The third-order valence-corrected chi connectivity index (χ3v) is 7.62. The molecule has 0 aromatic heterocycles. The summed E-state index contributed by atoms with van der Waals surface area (Å²) in [5, 5.41) is 32.5. The number of hydrogen-bond acceptors (Lipinski definition) is 4. The molecule has 0 saturated heterocycles. The topological polar surface area (TPSA) is 77.8 Å². The van der Waals surface area contributed by atoms with Crippen LogP contribution in [0.5, 0.6) is 5.75 Å². The van der Waals surface area contributed by atoms with Crippen LogP contribution in [0.25, 0.3) is 0 Å². The van der Waals surface area contributed by atoms with E-state index in [0.29, 0.717) is 25.0 Å². The van der Waals surface area contributed by atoms with E-state index in [1.165, 1.54) is 18.1 Å². The van der Waals surface area contributed by atoms with Crippen LogP contribution in [0.15, 0.2) is 18.2 Å². The van der Waals surface area contributed by atoms with Crippen LogP contribution >= 0.6 is 0 Å². The zero-order valence-corrected chi connectivity index (χ0v) is 14.4. The van der Waals surface area contributed by atoms with Crippen molar-refractivity contribution in [3.8, 4) is 5.75 Å². The number of hydrogen-bond donors (Lipinski definition) is 3. The van der Waals surface area contributed by atoms with Gasteiger partial charge in [-0.15, -0.1) is 0 Å². The van der Waals surface area contributed by atoms with E-state index in [4.69, 9.17) is 0 Å². The number of phenolic OH excluding ortho intramolecular Hbond substituents is 1. The molecule has 4 nitrogen and oxygen atoms in total. The normalized spacial score (nSPS) is 43.7. The second-order valence-electron chi connectivity index (χ2n) is 8.35. The van der Waals surface area contributed by atoms with E-state index >= 15 is 0 Å². The minimum absolute atomic E-state index is 0.0571. The molecule has 0 spiro atoms. The molecule has 0 aliphatic heterocycles. The molecular formula is C20H26O4.